The molecule has 24 heavy (non-hydrogen) atoms. The van der Waals surface area contributed by atoms with Crippen LogP contribution in [0.4, 0.5) is 23.7 Å². The number of amides is 2. The predicted octanol–water partition coefficient (Wildman–Crippen LogP) is 2.58. The number of nitrogens with zero attached hydrogens (tertiary/aromatic N) is 3. The van der Waals surface area contributed by atoms with Crippen molar-refractivity contribution in [2.45, 2.75) is 26.1 Å². The summed E-state index contributed by atoms with van der Waals surface area (Å²) >= 11 is 0. The Bertz CT molecular complexity index is 568. The molecule has 1 atom stereocenters. The van der Waals surface area contributed by atoms with Gasteiger partial charge < -0.3 is 15.0 Å². The highest BCUT2D eigenvalue weighted by Gasteiger charge is 2.36. The Labute approximate surface area is 138 Å². The summed E-state index contributed by atoms with van der Waals surface area (Å²) in [5.41, 5.74) is 0.440. The van der Waals surface area contributed by atoms with Gasteiger partial charge in [0.05, 0.1) is 13.2 Å². The van der Waals surface area contributed by atoms with Crippen LogP contribution in [0.2, 0.25) is 0 Å². The Kier molecular flexibility index (Phi) is 5.87. The van der Waals surface area contributed by atoms with Gasteiger partial charge in [-0.1, -0.05) is 0 Å². The molecule has 0 radical (unpaired) electrons. The molecule has 2 rings (SSSR count). The Morgan fingerprint density at radius 1 is 1.46 bits per heavy atom. The van der Waals surface area contributed by atoms with Gasteiger partial charge in [0.15, 0.2) is 0 Å². The number of urea groups is 1. The van der Waals surface area contributed by atoms with Crippen molar-refractivity contribution in [2.24, 2.45) is 0 Å². The molecule has 0 saturated carbocycles. The molecule has 2 amide bonds. The number of piperazine rings is 1. The summed E-state index contributed by atoms with van der Waals surface area (Å²) in [6, 6.07) is 2.59. The molecular formula is C15H21F3N4O2. The Morgan fingerprint density at radius 2 is 2.21 bits per heavy atom. The molecule has 1 aromatic heterocycles. The largest absolute Gasteiger partial charge is 0.476 e. The first-order valence-electron chi connectivity index (χ1n) is 7.74. The molecular weight excluding hydrogens is 325 g/mol. The molecule has 1 N–H and O–H groups in total. The van der Waals surface area contributed by atoms with Gasteiger partial charge in [-0.3, -0.25) is 4.90 Å². The first-order valence-corrected chi connectivity index (χ1v) is 7.74. The van der Waals surface area contributed by atoms with Crippen LogP contribution in [0.25, 0.3) is 0 Å². The number of halogens is 3. The quantitative estimate of drug-likeness (QED) is 0.910. The predicted molar refractivity (Wildman–Crippen MR) is 83.1 cm³/mol. The van der Waals surface area contributed by atoms with Crippen molar-refractivity contribution < 1.29 is 22.7 Å². The maximum Gasteiger partial charge on any atom is 0.401 e. The minimum absolute atomic E-state index is 0.180. The van der Waals surface area contributed by atoms with Crippen LogP contribution in [0.3, 0.4) is 0 Å². The number of ether oxygens (including phenoxy) is 1. The molecule has 1 unspecified atom stereocenters. The van der Waals surface area contributed by atoms with Gasteiger partial charge in [-0.25, -0.2) is 9.78 Å². The summed E-state index contributed by atoms with van der Waals surface area (Å²) in [5, 5.41) is 2.71. The number of carbonyl (C=O) groups is 1. The number of hydrogen-bond donors (Lipinski definition) is 1. The topological polar surface area (TPSA) is 57.7 Å². The van der Waals surface area contributed by atoms with Gasteiger partial charge in [0.1, 0.15) is 5.69 Å². The fraction of sp³-hybridized carbons (Fsp3) is 0.600. The highest BCUT2D eigenvalue weighted by Crippen LogP contribution is 2.23. The third kappa shape index (κ3) is 4.98. The lowest BCUT2D eigenvalue weighted by Crippen LogP contribution is -2.56. The first kappa shape index (κ1) is 18.3. The second-order valence-corrected chi connectivity index (χ2v) is 5.60. The summed E-state index contributed by atoms with van der Waals surface area (Å²) in [6.45, 7) is 3.58. The highest BCUT2D eigenvalue weighted by atomic mass is 19.4. The van der Waals surface area contributed by atoms with Crippen molar-refractivity contribution in [1.82, 2.24) is 14.8 Å². The maximum atomic E-state index is 12.5. The highest BCUT2D eigenvalue weighted by molar-refractivity contribution is 5.90. The van der Waals surface area contributed by atoms with Crippen LogP contribution in [-0.4, -0.2) is 65.8 Å². The van der Waals surface area contributed by atoms with Crippen molar-refractivity contribution in [1.29, 1.82) is 0 Å². The fourth-order valence-corrected chi connectivity index (χ4v) is 2.58. The molecule has 9 heteroatoms. The molecule has 2 heterocycles. The Hall–Kier alpha value is -2.03. The fourth-order valence-electron chi connectivity index (χ4n) is 2.58. The van der Waals surface area contributed by atoms with E-state index < -0.39 is 12.7 Å². The van der Waals surface area contributed by atoms with Gasteiger partial charge >= 0.3 is 12.2 Å². The van der Waals surface area contributed by atoms with Crippen LogP contribution in [0.5, 0.6) is 5.88 Å². The SMILES string of the molecule is CCOc1ncccc1NC(=O)N1CCN(CC(F)(F)F)C(C)C1. The molecule has 0 aromatic carbocycles. The molecule has 0 aliphatic carbocycles. The van der Waals surface area contributed by atoms with E-state index in [1.165, 1.54) is 9.80 Å². The molecule has 134 valence electrons. The van der Waals surface area contributed by atoms with E-state index in [1.807, 2.05) is 6.92 Å². The van der Waals surface area contributed by atoms with Crippen LogP contribution in [-0.2, 0) is 0 Å². The van der Waals surface area contributed by atoms with Crippen LogP contribution in [0.1, 0.15) is 13.8 Å². The van der Waals surface area contributed by atoms with Crippen LogP contribution >= 0.6 is 0 Å². The molecule has 0 bridgehead atoms. The van der Waals surface area contributed by atoms with E-state index in [-0.39, 0.29) is 31.7 Å². The van der Waals surface area contributed by atoms with Gasteiger partial charge in [0, 0.05) is 31.9 Å². The zero-order valence-electron chi connectivity index (χ0n) is 13.6. The summed E-state index contributed by atoms with van der Waals surface area (Å²) < 4.78 is 42.9. The van der Waals surface area contributed by atoms with Gasteiger partial charge in [-0.2, -0.15) is 13.2 Å². The van der Waals surface area contributed by atoms with E-state index in [1.54, 1.807) is 25.3 Å². The minimum Gasteiger partial charge on any atom is -0.476 e. The number of carbonyl (C=O) groups excluding carboxylic acids is 1. The second-order valence-electron chi connectivity index (χ2n) is 5.60. The van der Waals surface area contributed by atoms with Crippen molar-refractivity contribution in [3.8, 4) is 5.88 Å². The number of pyridine rings is 1. The minimum atomic E-state index is -4.24. The van der Waals surface area contributed by atoms with E-state index in [4.69, 9.17) is 4.74 Å². The van der Waals surface area contributed by atoms with Gasteiger partial charge in [-0.05, 0) is 26.0 Å². The molecule has 1 aromatic rings. The first-order chi connectivity index (χ1) is 11.3. The summed E-state index contributed by atoms with van der Waals surface area (Å²) in [7, 11) is 0. The van der Waals surface area contributed by atoms with E-state index in [9.17, 15) is 18.0 Å². The molecule has 1 fully saturated rings. The van der Waals surface area contributed by atoms with Crippen molar-refractivity contribution in [3.63, 3.8) is 0 Å². The van der Waals surface area contributed by atoms with E-state index in [0.717, 1.165) is 0 Å². The number of alkyl halides is 3. The van der Waals surface area contributed by atoms with Crippen LogP contribution < -0.4 is 10.1 Å². The average Bonchev–Trinajstić information content (AvgIpc) is 2.50. The smallest absolute Gasteiger partial charge is 0.401 e. The Morgan fingerprint density at radius 3 is 2.83 bits per heavy atom. The van der Waals surface area contributed by atoms with E-state index in [0.29, 0.717) is 18.2 Å². The second kappa shape index (κ2) is 7.69. The number of anilines is 1. The standard InChI is InChI=1S/C15H21F3N4O2/c1-3-24-13-12(5-4-6-19-13)20-14(23)21-7-8-22(11(2)9-21)10-15(16,17)18/h4-6,11H,3,7-10H2,1-2H3,(H,20,23). The van der Waals surface area contributed by atoms with Gasteiger partial charge in [-0.15, -0.1) is 0 Å². The van der Waals surface area contributed by atoms with E-state index >= 15 is 0 Å². The third-order valence-electron chi connectivity index (χ3n) is 3.73. The summed E-state index contributed by atoms with van der Waals surface area (Å²) in [6.07, 6.45) is -2.68. The normalized spacial score (nSPS) is 19.2. The zero-order chi connectivity index (χ0) is 17.7. The zero-order valence-corrected chi connectivity index (χ0v) is 13.6. The van der Waals surface area contributed by atoms with Crippen molar-refractivity contribution >= 4 is 11.7 Å². The monoisotopic (exact) mass is 346 g/mol. The van der Waals surface area contributed by atoms with E-state index in [2.05, 4.69) is 10.3 Å². The lowest BCUT2D eigenvalue weighted by atomic mass is 10.2. The molecule has 1 aliphatic heterocycles. The van der Waals surface area contributed by atoms with Gasteiger partial charge in [0.25, 0.3) is 0 Å². The lowest BCUT2D eigenvalue weighted by Gasteiger charge is -2.39. The number of hydrogen-bond acceptors (Lipinski definition) is 4. The van der Waals surface area contributed by atoms with Gasteiger partial charge in [0.2, 0.25) is 5.88 Å². The number of nitrogens with one attached hydrogen (secondary N) is 1. The molecule has 6 nitrogen and oxygen atoms in total. The van der Waals surface area contributed by atoms with Crippen molar-refractivity contribution in [2.75, 3.05) is 38.1 Å². The average molecular weight is 346 g/mol. The summed E-state index contributed by atoms with van der Waals surface area (Å²) in [5.74, 6) is 0.317. The third-order valence-corrected chi connectivity index (χ3v) is 3.73. The number of aromatic nitrogens is 1. The van der Waals surface area contributed by atoms with Crippen molar-refractivity contribution in [3.05, 3.63) is 18.3 Å². The molecule has 1 saturated heterocycles. The lowest BCUT2D eigenvalue weighted by molar-refractivity contribution is -0.153. The number of rotatable bonds is 4. The molecule has 1 aliphatic rings. The summed E-state index contributed by atoms with van der Waals surface area (Å²) in [4.78, 5) is 19.2. The van der Waals surface area contributed by atoms with Crippen LogP contribution in [0, 0.1) is 0 Å². The maximum absolute atomic E-state index is 12.5. The Balaban J connectivity index is 1.95. The van der Waals surface area contributed by atoms with Crippen LogP contribution in [0.15, 0.2) is 18.3 Å². The molecule has 0 spiro atoms.